The first kappa shape index (κ1) is 24.9. The van der Waals surface area contributed by atoms with E-state index in [0.717, 1.165) is 25.7 Å². The van der Waals surface area contributed by atoms with Crippen molar-refractivity contribution in [2.24, 2.45) is 11.3 Å². The molecule has 2 N–H and O–H groups in total. The van der Waals surface area contributed by atoms with Crippen LogP contribution in [0.1, 0.15) is 97.8 Å². The van der Waals surface area contributed by atoms with Gasteiger partial charge in [-0.3, -0.25) is 4.79 Å². The number of unbranched alkanes of at least 4 members (excludes halogenated alkanes) is 7. The van der Waals surface area contributed by atoms with Crippen LogP contribution >= 0.6 is 0 Å². The molecule has 0 aliphatic rings. The first-order valence-electron chi connectivity index (χ1n) is 10.4. The van der Waals surface area contributed by atoms with Crippen LogP contribution < -0.4 is 0 Å². The van der Waals surface area contributed by atoms with E-state index in [1.54, 1.807) is 12.2 Å². The fraction of sp³-hybridized carbons (Fsp3) is 0.783. The summed E-state index contributed by atoms with van der Waals surface area (Å²) in [5.41, 5.74) is -1.27. The molecule has 0 bridgehead atoms. The van der Waals surface area contributed by atoms with Gasteiger partial charge in [-0.15, -0.1) is 13.2 Å². The second-order valence-corrected chi connectivity index (χ2v) is 8.50. The van der Waals surface area contributed by atoms with E-state index in [9.17, 15) is 15.0 Å². The molecular weight excluding hydrogens is 324 g/mol. The van der Waals surface area contributed by atoms with Gasteiger partial charge in [0.1, 0.15) is 0 Å². The molecule has 0 aromatic carbocycles. The lowest BCUT2D eigenvalue weighted by Gasteiger charge is -2.27. The topological polar surface area (TPSA) is 57.5 Å². The molecule has 0 radical (unpaired) electrons. The highest BCUT2D eigenvalue weighted by atomic mass is 16.4. The maximum Gasteiger partial charge on any atom is 0.309 e. The molecule has 0 saturated carbocycles. The zero-order valence-corrected chi connectivity index (χ0v) is 17.4. The molecule has 0 amide bonds. The third kappa shape index (κ3) is 10.2. The molecule has 0 aliphatic heterocycles. The van der Waals surface area contributed by atoms with Gasteiger partial charge in [-0.1, -0.05) is 70.4 Å². The van der Waals surface area contributed by atoms with Gasteiger partial charge < -0.3 is 10.2 Å². The van der Waals surface area contributed by atoms with Gasteiger partial charge in [-0.25, -0.2) is 0 Å². The van der Waals surface area contributed by atoms with E-state index in [2.05, 4.69) is 13.2 Å². The number of carbonyl (C=O) groups is 1. The van der Waals surface area contributed by atoms with Crippen molar-refractivity contribution in [1.82, 2.24) is 0 Å². The number of carboxylic acids is 1. The Hall–Kier alpha value is -1.09. The lowest BCUT2D eigenvalue weighted by Crippen LogP contribution is -2.31. The van der Waals surface area contributed by atoms with E-state index < -0.39 is 17.0 Å². The Labute approximate surface area is 161 Å². The van der Waals surface area contributed by atoms with Crippen LogP contribution in [0.2, 0.25) is 0 Å². The van der Waals surface area contributed by atoms with Crippen molar-refractivity contribution in [3.8, 4) is 0 Å². The van der Waals surface area contributed by atoms with Gasteiger partial charge >= 0.3 is 5.97 Å². The molecular formula is C23H42O3. The van der Waals surface area contributed by atoms with Gasteiger partial charge in [0.25, 0.3) is 0 Å². The Kier molecular flexibility index (Phi) is 12.6. The van der Waals surface area contributed by atoms with Gasteiger partial charge in [0.05, 0.1) is 11.0 Å². The van der Waals surface area contributed by atoms with Crippen molar-refractivity contribution in [2.45, 2.75) is 103 Å². The monoisotopic (exact) mass is 366 g/mol. The normalized spacial score (nSPS) is 13.4. The third-order valence-corrected chi connectivity index (χ3v) is 5.86. The van der Waals surface area contributed by atoms with Crippen molar-refractivity contribution in [2.75, 3.05) is 0 Å². The van der Waals surface area contributed by atoms with Gasteiger partial charge in [0.2, 0.25) is 0 Å². The van der Waals surface area contributed by atoms with Crippen LogP contribution in [0.5, 0.6) is 0 Å². The summed E-state index contributed by atoms with van der Waals surface area (Å²) < 4.78 is 0. The van der Waals surface area contributed by atoms with Crippen LogP contribution in [0, 0.1) is 11.3 Å². The van der Waals surface area contributed by atoms with Crippen LogP contribution in [-0.2, 0) is 4.79 Å². The minimum atomic E-state index is -0.696. The molecule has 152 valence electrons. The van der Waals surface area contributed by atoms with Crippen molar-refractivity contribution in [3.63, 3.8) is 0 Å². The van der Waals surface area contributed by atoms with Crippen molar-refractivity contribution >= 4 is 5.97 Å². The number of carboxylic acid groups (broad SMARTS) is 1. The smallest absolute Gasteiger partial charge is 0.309 e. The van der Waals surface area contributed by atoms with Gasteiger partial charge in [0.15, 0.2) is 0 Å². The number of aliphatic hydroxyl groups is 1. The molecule has 0 spiro atoms. The minimum Gasteiger partial charge on any atom is -0.481 e. The summed E-state index contributed by atoms with van der Waals surface area (Å²) in [6, 6.07) is 0. The summed E-state index contributed by atoms with van der Waals surface area (Å²) in [4.78, 5) is 11.2. The van der Waals surface area contributed by atoms with Crippen LogP contribution in [0.3, 0.4) is 0 Å². The van der Waals surface area contributed by atoms with Crippen molar-refractivity contribution < 1.29 is 15.0 Å². The fourth-order valence-electron chi connectivity index (χ4n) is 3.36. The molecule has 1 unspecified atom stereocenters. The first-order valence-corrected chi connectivity index (χ1v) is 10.4. The maximum absolute atomic E-state index is 11.2. The molecule has 0 aliphatic carbocycles. The predicted octanol–water partition coefficient (Wildman–Crippen LogP) is 6.52. The highest BCUT2D eigenvalue weighted by Crippen LogP contribution is 2.31. The number of rotatable bonds is 17. The minimum absolute atomic E-state index is 0.213. The molecule has 0 aromatic rings. The summed E-state index contributed by atoms with van der Waals surface area (Å²) in [5.74, 6) is -0.483. The molecule has 0 rings (SSSR count). The maximum atomic E-state index is 11.2. The molecule has 26 heavy (non-hydrogen) atoms. The predicted molar refractivity (Wildman–Crippen MR) is 111 cm³/mol. The van der Waals surface area contributed by atoms with E-state index >= 15 is 0 Å². The Bertz CT molecular complexity index is 402. The van der Waals surface area contributed by atoms with Gasteiger partial charge in [-0.2, -0.15) is 0 Å². The first-order chi connectivity index (χ1) is 12.2. The quantitative estimate of drug-likeness (QED) is 0.228. The third-order valence-electron chi connectivity index (χ3n) is 5.86. The average Bonchev–Trinajstić information content (AvgIpc) is 2.56. The van der Waals surface area contributed by atoms with E-state index in [-0.39, 0.29) is 5.92 Å². The summed E-state index contributed by atoms with van der Waals surface area (Å²) >= 11 is 0. The number of hydrogen-bond acceptors (Lipinski definition) is 2. The second kappa shape index (κ2) is 13.1. The van der Waals surface area contributed by atoms with Gasteiger partial charge in [-0.05, 0) is 45.4 Å². The molecule has 1 atom stereocenters. The summed E-state index contributed by atoms with van der Waals surface area (Å²) in [7, 11) is 0. The van der Waals surface area contributed by atoms with E-state index in [0.29, 0.717) is 12.8 Å². The highest BCUT2D eigenvalue weighted by molar-refractivity contribution is 5.73. The molecule has 0 aromatic heterocycles. The second-order valence-electron chi connectivity index (χ2n) is 8.50. The van der Waals surface area contributed by atoms with Crippen molar-refractivity contribution in [3.05, 3.63) is 25.3 Å². The zero-order chi connectivity index (χ0) is 20.1. The zero-order valence-electron chi connectivity index (χ0n) is 17.4. The lowest BCUT2D eigenvalue weighted by atomic mass is 9.77. The fourth-order valence-corrected chi connectivity index (χ4v) is 3.36. The van der Waals surface area contributed by atoms with Crippen LogP contribution in [-0.4, -0.2) is 21.8 Å². The molecule has 0 heterocycles. The van der Waals surface area contributed by atoms with Crippen LogP contribution in [0.15, 0.2) is 25.3 Å². The molecule has 0 fully saturated rings. The average molecular weight is 367 g/mol. The Morgan fingerprint density at radius 1 is 0.923 bits per heavy atom. The summed E-state index contributed by atoms with van der Waals surface area (Å²) in [5, 5.41) is 19.7. The van der Waals surface area contributed by atoms with Crippen LogP contribution in [0.25, 0.3) is 0 Å². The van der Waals surface area contributed by atoms with E-state index in [1.807, 2.05) is 20.8 Å². The number of hydrogen-bond donors (Lipinski definition) is 2. The Morgan fingerprint density at radius 2 is 1.35 bits per heavy atom. The standard InChI is InChI=1S/C23H42O3/c1-6-17-23(26,18-7-2)19-15-13-11-9-8-10-12-14-16-20(3)22(4,5)21(24)25/h6-7,20,26H,1-2,8-19H2,3-5H3,(H,24,25). The van der Waals surface area contributed by atoms with Gasteiger partial charge in [0, 0.05) is 0 Å². The van der Waals surface area contributed by atoms with E-state index in [1.165, 1.54) is 38.5 Å². The summed E-state index contributed by atoms with van der Waals surface area (Å²) in [6.07, 6.45) is 16.2. The number of aliphatic carboxylic acids is 1. The lowest BCUT2D eigenvalue weighted by molar-refractivity contribution is -0.149. The largest absolute Gasteiger partial charge is 0.481 e. The molecule has 0 saturated heterocycles. The van der Waals surface area contributed by atoms with E-state index in [4.69, 9.17) is 0 Å². The Balaban J connectivity index is 3.67. The summed E-state index contributed by atoms with van der Waals surface area (Å²) in [6.45, 7) is 13.2. The SMILES string of the molecule is C=CCC(O)(CC=C)CCCCCCCCCCC(C)C(C)(C)C(=O)O. The highest BCUT2D eigenvalue weighted by Gasteiger charge is 2.33. The molecule has 3 nitrogen and oxygen atoms in total. The van der Waals surface area contributed by atoms with Crippen molar-refractivity contribution in [1.29, 1.82) is 0 Å². The molecule has 3 heteroatoms. The van der Waals surface area contributed by atoms with Crippen LogP contribution in [0.4, 0.5) is 0 Å². The Morgan fingerprint density at radius 3 is 1.77 bits per heavy atom.